The van der Waals surface area contributed by atoms with Crippen molar-refractivity contribution in [1.29, 1.82) is 0 Å². The predicted molar refractivity (Wildman–Crippen MR) is 57.6 cm³/mol. The van der Waals surface area contributed by atoms with Gasteiger partial charge in [-0.05, 0) is 23.6 Å². The molecule has 0 aliphatic heterocycles. The van der Waals surface area contributed by atoms with Crippen LogP contribution in [0.3, 0.4) is 0 Å². The van der Waals surface area contributed by atoms with Gasteiger partial charge in [0.2, 0.25) is 0 Å². The normalized spacial score (nSPS) is 23.7. The minimum absolute atomic E-state index is 0.269. The SMILES string of the molecule is COC(=O)C1Cc2c(Cl)cccc2C1N. The first-order chi connectivity index (χ1) is 7.15. The van der Waals surface area contributed by atoms with Gasteiger partial charge in [-0.25, -0.2) is 0 Å². The summed E-state index contributed by atoms with van der Waals surface area (Å²) in [5, 5.41) is 0.675. The lowest BCUT2D eigenvalue weighted by molar-refractivity contribution is -0.145. The van der Waals surface area contributed by atoms with Crippen LogP contribution in [0.1, 0.15) is 17.2 Å². The fourth-order valence-electron chi connectivity index (χ4n) is 2.05. The predicted octanol–water partition coefficient (Wildman–Crippen LogP) is 1.69. The summed E-state index contributed by atoms with van der Waals surface area (Å²) in [5.41, 5.74) is 7.91. The number of ether oxygens (including phenoxy) is 1. The molecule has 1 aromatic carbocycles. The van der Waals surface area contributed by atoms with E-state index in [-0.39, 0.29) is 17.9 Å². The van der Waals surface area contributed by atoms with Crippen LogP contribution in [0.25, 0.3) is 0 Å². The Kier molecular flexibility index (Phi) is 2.67. The zero-order chi connectivity index (χ0) is 11.0. The van der Waals surface area contributed by atoms with Gasteiger partial charge in [-0.15, -0.1) is 0 Å². The molecule has 0 amide bonds. The van der Waals surface area contributed by atoms with Crippen LogP contribution in [0.15, 0.2) is 18.2 Å². The van der Waals surface area contributed by atoms with E-state index in [1.165, 1.54) is 7.11 Å². The Bertz CT molecular complexity index is 406. The topological polar surface area (TPSA) is 52.3 Å². The second-order valence-electron chi connectivity index (χ2n) is 3.67. The summed E-state index contributed by atoms with van der Waals surface area (Å²) in [6.45, 7) is 0. The molecular formula is C11H12ClNO2. The average Bonchev–Trinajstić information content (AvgIpc) is 2.57. The smallest absolute Gasteiger partial charge is 0.310 e. The van der Waals surface area contributed by atoms with E-state index in [1.807, 2.05) is 18.2 Å². The van der Waals surface area contributed by atoms with E-state index < -0.39 is 0 Å². The van der Waals surface area contributed by atoms with Gasteiger partial charge < -0.3 is 10.5 Å². The van der Waals surface area contributed by atoms with E-state index in [1.54, 1.807) is 0 Å². The number of carbonyl (C=O) groups is 1. The number of rotatable bonds is 1. The summed E-state index contributed by atoms with van der Waals surface area (Å²) in [4.78, 5) is 11.5. The highest BCUT2D eigenvalue weighted by atomic mass is 35.5. The lowest BCUT2D eigenvalue weighted by Gasteiger charge is -2.12. The first-order valence-corrected chi connectivity index (χ1v) is 5.13. The van der Waals surface area contributed by atoms with Crippen molar-refractivity contribution in [2.45, 2.75) is 12.5 Å². The quantitative estimate of drug-likeness (QED) is 0.740. The molecule has 0 radical (unpaired) electrons. The summed E-state index contributed by atoms with van der Waals surface area (Å²) in [6, 6.07) is 5.27. The highest BCUT2D eigenvalue weighted by Gasteiger charge is 2.36. The van der Waals surface area contributed by atoms with Crippen LogP contribution in [-0.2, 0) is 16.0 Å². The lowest BCUT2D eigenvalue weighted by atomic mass is 10.0. The van der Waals surface area contributed by atoms with Gasteiger partial charge >= 0.3 is 5.97 Å². The molecular weight excluding hydrogens is 214 g/mol. The highest BCUT2D eigenvalue weighted by Crippen LogP contribution is 2.38. The van der Waals surface area contributed by atoms with Gasteiger partial charge in [-0.3, -0.25) is 4.79 Å². The number of halogens is 1. The van der Waals surface area contributed by atoms with E-state index in [0.717, 1.165) is 11.1 Å². The average molecular weight is 226 g/mol. The molecule has 2 unspecified atom stereocenters. The number of esters is 1. The molecule has 0 bridgehead atoms. The molecule has 2 N–H and O–H groups in total. The van der Waals surface area contributed by atoms with Crippen molar-refractivity contribution in [3.8, 4) is 0 Å². The molecule has 0 heterocycles. The van der Waals surface area contributed by atoms with Crippen molar-refractivity contribution < 1.29 is 9.53 Å². The van der Waals surface area contributed by atoms with Gasteiger partial charge in [0.1, 0.15) is 0 Å². The maximum Gasteiger partial charge on any atom is 0.310 e. The second-order valence-corrected chi connectivity index (χ2v) is 4.07. The number of hydrogen-bond acceptors (Lipinski definition) is 3. The van der Waals surface area contributed by atoms with E-state index in [2.05, 4.69) is 0 Å². The Hall–Kier alpha value is -1.06. The second kappa shape index (κ2) is 3.83. The molecule has 0 saturated carbocycles. The van der Waals surface area contributed by atoms with E-state index in [9.17, 15) is 4.79 Å². The van der Waals surface area contributed by atoms with Crippen molar-refractivity contribution in [3.63, 3.8) is 0 Å². The molecule has 80 valence electrons. The number of benzene rings is 1. The fraction of sp³-hybridized carbons (Fsp3) is 0.364. The molecule has 0 aromatic heterocycles. The number of carbonyl (C=O) groups excluding carboxylic acids is 1. The van der Waals surface area contributed by atoms with E-state index >= 15 is 0 Å². The number of methoxy groups -OCH3 is 1. The summed E-state index contributed by atoms with van der Waals surface area (Å²) in [6.07, 6.45) is 0.572. The van der Waals surface area contributed by atoms with Crippen LogP contribution in [0.4, 0.5) is 0 Å². The Balaban J connectivity index is 2.37. The summed E-state index contributed by atoms with van der Waals surface area (Å²) < 4.78 is 4.71. The summed E-state index contributed by atoms with van der Waals surface area (Å²) in [7, 11) is 1.37. The maximum absolute atomic E-state index is 11.5. The molecule has 0 fully saturated rings. The van der Waals surface area contributed by atoms with Gasteiger partial charge in [0.15, 0.2) is 0 Å². The number of nitrogens with two attached hydrogens (primary N) is 1. The summed E-state index contributed by atoms with van der Waals surface area (Å²) in [5.74, 6) is -0.570. The molecule has 0 saturated heterocycles. The van der Waals surface area contributed by atoms with Crippen LogP contribution in [0.5, 0.6) is 0 Å². The van der Waals surface area contributed by atoms with E-state index in [4.69, 9.17) is 22.1 Å². The highest BCUT2D eigenvalue weighted by molar-refractivity contribution is 6.31. The third-order valence-electron chi connectivity index (χ3n) is 2.88. The van der Waals surface area contributed by atoms with Crippen molar-refractivity contribution in [1.82, 2.24) is 0 Å². The first kappa shape index (κ1) is 10.5. The first-order valence-electron chi connectivity index (χ1n) is 4.76. The zero-order valence-electron chi connectivity index (χ0n) is 8.37. The molecule has 1 aliphatic rings. The number of fused-ring (bicyclic) bond motifs is 1. The van der Waals surface area contributed by atoms with Crippen molar-refractivity contribution in [2.24, 2.45) is 11.7 Å². The Morgan fingerprint density at radius 3 is 2.93 bits per heavy atom. The Morgan fingerprint density at radius 2 is 2.33 bits per heavy atom. The minimum atomic E-state index is -0.301. The van der Waals surface area contributed by atoms with Gasteiger partial charge in [-0.2, -0.15) is 0 Å². The van der Waals surface area contributed by atoms with Gasteiger partial charge in [0, 0.05) is 11.1 Å². The molecule has 15 heavy (non-hydrogen) atoms. The Morgan fingerprint density at radius 1 is 1.60 bits per heavy atom. The van der Waals surface area contributed by atoms with Crippen molar-refractivity contribution in [2.75, 3.05) is 7.11 Å². The third kappa shape index (κ3) is 1.62. The van der Waals surface area contributed by atoms with Crippen LogP contribution in [0, 0.1) is 5.92 Å². The van der Waals surface area contributed by atoms with Gasteiger partial charge in [-0.1, -0.05) is 23.7 Å². The van der Waals surface area contributed by atoms with Gasteiger partial charge in [0.05, 0.1) is 13.0 Å². The monoisotopic (exact) mass is 225 g/mol. The summed E-state index contributed by atoms with van der Waals surface area (Å²) >= 11 is 6.04. The zero-order valence-corrected chi connectivity index (χ0v) is 9.12. The molecule has 1 aliphatic carbocycles. The standard InChI is InChI=1S/C11H12ClNO2/c1-15-11(14)8-5-7-6(10(8)13)3-2-4-9(7)12/h2-4,8,10H,5,13H2,1H3. The van der Waals surface area contributed by atoms with Crippen LogP contribution >= 0.6 is 11.6 Å². The Labute approximate surface area is 93.2 Å². The lowest BCUT2D eigenvalue weighted by Crippen LogP contribution is -2.25. The molecule has 4 heteroatoms. The van der Waals surface area contributed by atoms with Crippen LogP contribution in [0.2, 0.25) is 5.02 Å². The molecule has 0 spiro atoms. The third-order valence-corrected chi connectivity index (χ3v) is 3.23. The van der Waals surface area contributed by atoms with Crippen LogP contribution in [-0.4, -0.2) is 13.1 Å². The molecule has 2 rings (SSSR count). The number of hydrogen-bond donors (Lipinski definition) is 1. The molecule has 2 atom stereocenters. The van der Waals surface area contributed by atoms with E-state index in [0.29, 0.717) is 11.4 Å². The fourth-order valence-corrected chi connectivity index (χ4v) is 2.31. The molecule has 1 aromatic rings. The largest absolute Gasteiger partial charge is 0.469 e. The van der Waals surface area contributed by atoms with Crippen molar-refractivity contribution in [3.05, 3.63) is 34.3 Å². The van der Waals surface area contributed by atoms with Crippen LogP contribution < -0.4 is 5.73 Å². The van der Waals surface area contributed by atoms with Crippen molar-refractivity contribution >= 4 is 17.6 Å². The molecule has 3 nitrogen and oxygen atoms in total. The van der Waals surface area contributed by atoms with Gasteiger partial charge in [0.25, 0.3) is 0 Å². The maximum atomic E-state index is 11.5. The minimum Gasteiger partial charge on any atom is -0.469 e.